The molecule has 0 spiro atoms. The smallest absolute Gasteiger partial charge is 0.166 e. The minimum Gasteiger partial charge on any atom is -0.382 e. The number of aryl methyl sites for hydroxylation is 4. The molecule has 0 amide bonds. The number of fused-ring (bicyclic) bond motifs is 1. The second-order valence-corrected chi connectivity index (χ2v) is 7.40. The van der Waals surface area contributed by atoms with E-state index >= 15 is 0 Å². The van der Waals surface area contributed by atoms with Crippen LogP contribution < -0.4 is 16.4 Å². The number of hydrogen-bond acceptors (Lipinski definition) is 4. The van der Waals surface area contributed by atoms with Crippen molar-refractivity contribution in [3.63, 3.8) is 0 Å². The Morgan fingerprint density at radius 3 is 2.54 bits per heavy atom. The normalized spacial score (nSPS) is 11.0. The summed E-state index contributed by atoms with van der Waals surface area (Å²) in [5.41, 5.74) is 11.3. The molecule has 0 saturated carbocycles. The quantitative estimate of drug-likeness (QED) is 0.421. The van der Waals surface area contributed by atoms with E-state index in [0.29, 0.717) is 10.9 Å². The van der Waals surface area contributed by atoms with E-state index in [0.717, 1.165) is 60.6 Å². The van der Waals surface area contributed by atoms with Crippen LogP contribution in [0.3, 0.4) is 0 Å². The maximum absolute atomic E-state index is 6.07. The van der Waals surface area contributed by atoms with E-state index in [-0.39, 0.29) is 0 Å². The first kappa shape index (κ1) is 20.1. The van der Waals surface area contributed by atoms with Crippen molar-refractivity contribution >= 4 is 34.2 Å². The zero-order valence-corrected chi connectivity index (χ0v) is 17.6. The van der Waals surface area contributed by atoms with Gasteiger partial charge in [-0.1, -0.05) is 30.3 Å². The largest absolute Gasteiger partial charge is 0.382 e. The highest BCUT2D eigenvalue weighted by Gasteiger charge is 2.15. The fourth-order valence-electron chi connectivity index (χ4n) is 3.35. The molecule has 0 saturated heterocycles. The summed E-state index contributed by atoms with van der Waals surface area (Å²) < 4.78 is 2.23. The van der Waals surface area contributed by atoms with Gasteiger partial charge in [0.05, 0.1) is 5.52 Å². The highest BCUT2D eigenvalue weighted by atomic mass is 32.1. The lowest BCUT2D eigenvalue weighted by molar-refractivity contribution is 0.626. The summed E-state index contributed by atoms with van der Waals surface area (Å²) in [5.74, 6) is 1.46. The number of nitrogens with two attached hydrogens (primary N) is 1. The number of nitrogens with zero attached hydrogens (tertiary/aromatic N) is 3. The van der Waals surface area contributed by atoms with Gasteiger partial charge in [-0.2, -0.15) is 0 Å². The van der Waals surface area contributed by atoms with Crippen LogP contribution in [0.2, 0.25) is 0 Å². The van der Waals surface area contributed by atoms with Crippen molar-refractivity contribution < 1.29 is 0 Å². The summed E-state index contributed by atoms with van der Waals surface area (Å²) >= 11 is 5.37. The molecular formula is C21H28N6S. The van der Waals surface area contributed by atoms with Gasteiger partial charge in [0.25, 0.3) is 0 Å². The van der Waals surface area contributed by atoms with Crippen LogP contribution in [0.15, 0.2) is 30.3 Å². The molecule has 7 heteroatoms. The third kappa shape index (κ3) is 4.59. The fraction of sp³-hybridized carbons (Fsp3) is 0.381. The number of thiocarbonyl (C=S) groups is 1. The Kier molecular flexibility index (Phi) is 6.46. The summed E-state index contributed by atoms with van der Waals surface area (Å²) in [7, 11) is 0. The summed E-state index contributed by atoms with van der Waals surface area (Å²) in [4.78, 5) is 9.00. The number of rotatable bonds is 7. The molecule has 0 aliphatic heterocycles. The topological polar surface area (TPSA) is 80.8 Å². The molecule has 1 aromatic carbocycles. The van der Waals surface area contributed by atoms with Gasteiger partial charge in [0.15, 0.2) is 10.9 Å². The van der Waals surface area contributed by atoms with Crippen molar-refractivity contribution in [2.24, 2.45) is 0 Å². The van der Waals surface area contributed by atoms with Crippen LogP contribution >= 0.6 is 12.2 Å². The molecule has 0 aliphatic rings. The van der Waals surface area contributed by atoms with Gasteiger partial charge < -0.3 is 20.9 Å². The Labute approximate surface area is 171 Å². The molecule has 0 radical (unpaired) electrons. The van der Waals surface area contributed by atoms with Crippen molar-refractivity contribution in [2.45, 2.75) is 40.2 Å². The second-order valence-electron chi connectivity index (χ2n) is 6.99. The highest BCUT2D eigenvalue weighted by molar-refractivity contribution is 7.80. The summed E-state index contributed by atoms with van der Waals surface area (Å²) in [6, 6.07) is 10.4. The average molecular weight is 397 g/mol. The number of benzene rings is 1. The lowest BCUT2D eigenvalue weighted by Crippen LogP contribution is -2.37. The van der Waals surface area contributed by atoms with E-state index in [2.05, 4.69) is 56.4 Å². The Bertz CT molecular complexity index is 964. The van der Waals surface area contributed by atoms with Crippen molar-refractivity contribution in [3.05, 3.63) is 53.0 Å². The van der Waals surface area contributed by atoms with E-state index in [4.69, 9.17) is 18.0 Å². The standard InChI is InChI=1S/C21H28N6S/c1-14-15(2)25-20(22)18-19(14)27(16(3)26-18)13-7-11-23-21(28)24-12-10-17-8-5-4-6-9-17/h4-6,8-9H,7,10-13H2,1-3H3,(H2,22,25)(H2,23,24,28). The number of anilines is 1. The predicted octanol–water partition coefficient (Wildman–Crippen LogP) is 3.04. The number of pyridine rings is 1. The Morgan fingerprint density at radius 2 is 1.79 bits per heavy atom. The highest BCUT2D eigenvalue weighted by Crippen LogP contribution is 2.25. The molecular weight excluding hydrogens is 368 g/mol. The number of nitrogen functional groups attached to an aromatic ring is 1. The number of nitrogens with one attached hydrogen (secondary N) is 2. The van der Waals surface area contributed by atoms with Gasteiger partial charge in [-0.3, -0.25) is 0 Å². The third-order valence-electron chi connectivity index (χ3n) is 4.97. The Morgan fingerprint density at radius 1 is 1.07 bits per heavy atom. The van der Waals surface area contributed by atoms with Crippen molar-refractivity contribution in [1.29, 1.82) is 0 Å². The molecule has 2 heterocycles. The van der Waals surface area contributed by atoms with Crippen molar-refractivity contribution in [3.8, 4) is 0 Å². The Hall–Kier alpha value is -2.67. The van der Waals surface area contributed by atoms with E-state index in [1.54, 1.807) is 0 Å². The van der Waals surface area contributed by atoms with E-state index in [9.17, 15) is 0 Å². The van der Waals surface area contributed by atoms with E-state index in [1.165, 1.54) is 5.56 Å². The van der Waals surface area contributed by atoms with Crippen LogP contribution in [0.5, 0.6) is 0 Å². The van der Waals surface area contributed by atoms with Crippen LogP contribution in [0, 0.1) is 20.8 Å². The van der Waals surface area contributed by atoms with Crippen LogP contribution in [0.4, 0.5) is 5.82 Å². The third-order valence-corrected chi connectivity index (χ3v) is 5.26. The van der Waals surface area contributed by atoms with Gasteiger partial charge in [0, 0.05) is 25.3 Å². The Balaban J connectivity index is 1.49. The lowest BCUT2D eigenvalue weighted by atomic mass is 10.1. The molecule has 6 nitrogen and oxygen atoms in total. The molecule has 3 rings (SSSR count). The molecule has 0 atom stereocenters. The second kappa shape index (κ2) is 9.01. The molecule has 0 unspecified atom stereocenters. The van der Waals surface area contributed by atoms with Crippen LogP contribution in [0.1, 0.15) is 29.1 Å². The van der Waals surface area contributed by atoms with E-state index in [1.807, 2.05) is 19.9 Å². The van der Waals surface area contributed by atoms with Crippen LogP contribution in [-0.2, 0) is 13.0 Å². The molecule has 4 N–H and O–H groups in total. The fourth-order valence-corrected chi connectivity index (χ4v) is 3.56. The number of hydrogen-bond donors (Lipinski definition) is 3. The summed E-state index contributed by atoms with van der Waals surface area (Å²) in [6.07, 6.45) is 1.89. The van der Waals surface area contributed by atoms with Crippen molar-refractivity contribution in [1.82, 2.24) is 25.2 Å². The molecule has 0 fully saturated rings. The lowest BCUT2D eigenvalue weighted by Gasteiger charge is -2.13. The summed E-state index contributed by atoms with van der Waals surface area (Å²) in [5, 5.41) is 7.25. The first-order chi connectivity index (χ1) is 13.5. The molecule has 0 bridgehead atoms. The molecule has 0 aliphatic carbocycles. The van der Waals surface area contributed by atoms with Gasteiger partial charge in [-0.15, -0.1) is 0 Å². The zero-order chi connectivity index (χ0) is 20.1. The van der Waals surface area contributed by atoms with Gasteiger partial charge in [0.1, 0.15) is 11.3 Å². The van der Waals surface area contributed by atoms with Crippen LogP contribution in [-0.4, -0.2) is 32.7 Å². The minimum atomic E-state index is 0.502. The predicted molar refractivity (Wildman–Crippen MR) is 120 cm³/mol. The van der Waals surface area contributed by atoms with Gasteiger partial charge >= 0.3 is 0 Å². The number of imidazole rings is 1. The molecule has 148 valence electrons. The van der Waals surface area contributed by atoms with Gasteiger partial charge in [0.2, 0.25) is 0 Å². The first-order valence-electron chi connectivity index (χ1n) is 9.62. The number of aromatic nitrogens is 3. The van der Waals surface area contributed by atoms with Crippen LogP contribution in [0.25, 0.3) is 11.0 Å². The SMILES string of the molecule is Cc1nc(N)c2nc(C)n(CCCNC(=S)NCCc3ccccc3)c2c1C. The average Bonchev–Trinajstić information content (AvgIpc) is 3.01. The first-order valence-corrected chi connectivity index (χ1v) is 10.0. The summed E-state index contributed by atoms with van der Waals surface area (Å²) in [6.45, 7) is 8.55. The molecule has 2 aromatic heterocycles. The molecule has 3 aromatic rings. The van der Waals surface area contributed by atoms with E-state index < -0.39 is 0 Å². The minimum absolute atomic E-state index is 0.502. The van der Waals surface area contributed by atoms with Gasteiger partial charge in [-0.25, -0.2) is 9.97 Å². The maximum atomic E-state index is 6.07. The molecule has 28 heavy (non-hydrogen) atoms. The monoisotopic (exact) mass is 396 g/mol. The van der Waals surface area contributed by atoms with Crippen molar-refractivity contribution in [2.75, 3.05) is 18.8 Å². The maximum Gasteiger partial charge on any atom is 0.166 e. The van der Waals surface area contributed by atoms with Gasteiger partial charge in [-0.05, 0) is 57.0 Å². The zero-order valence-electron chi connectivity index (χ0n) is 16.7.